The normalized spacial score (nSPS) is 21.0. The third-order valence-electron chi connectivity index (χ3n) is 4.74. The Hall–Kier alpha value is -2.38. The molecule has 6 nitrogen and oxygen atoms in total. The molecule has 2 unspecified atom stereocenters. The number of nitrogens with one attached hydrogen (secondary N) is 2. The lowest BCUT2D eigenvalue weighted by molar-refractivity contribution is 0.0858. The zero-order chi connectivity index (χ0) is 18.8. The summed E-state index contributed by atoms with van der Waals surface area (Å²) in [6.07, 6.45) is 0.780. The zero-order valence-corrected chi connectivity index (χ0v) is 16.2. The van der Waals surface area contributed by atoms with Gasteiger partial charge in [-0.3, -0.25) is 4.79 Å². The number of anilines is 1. The number of carbonyl (C=O) groups excluding carboxylic acids is 1. The first kappa shape index (κ1) is 18.0. The number of amidine groups is 1. The molecular formula is C20H20BrN3O3. The highest BCUT2D eigenvalue weighted by Crippen LogP contribution is 2.34. The summed E-state index contributed by atoms with van der Waals surface area (Å²) in [7, 11) is 0. The lowest BCUT2D eigenvalue weighted by atomic mass is 10.1. The highest BCUT2D eigenvalue weighted by molar-refractivity contribution is 9.10. The monoisotopic (exact) mass is 429 g/mol. The van der Waals surface area contributed by atoms with Crippen LogP contribution >= 0.6 is 15.9 Å². The fourth-order valence-electron chi connectivity index (χ4n) is 3.36. The van der Waals surface area contributed by atoms with Crippen LogP contribution in [0.15, 0.2) is 51.9 Å². The lowest BCUT2D eigenvalue weighted by Gasteiger charge is -2.19. The average molecular weight is 430 g/mol. The van der Waals surface area contributed by atoms with Gasteiger partial charge in [0.2, 0.25) is 0 Å². The highest BCUT2D eigenvalue weighted by Gasteiger charge is 2.32. The summed E-state index contributed by atoms with van der Waals surface area (Å²) >= 11 is 3.36. The van der Waals surface area contributed by atoms with Crippen molar-refractivity contribution < 1.29 is 14.6 Å². The van der Waals surface area contributed by atoms with E-state index in [2.05, 4.69) is 31.6 Å². The number of halogens is 1. The van der Waals surface area contributed by atoms with Crippen LogP contribution < -0.4 is 10.6 Å². The number of aliphatic hydroxyl groups excluding tert-OH is 1. The van der Waals surface area contributed by atoms with E-state index >= 15 is 0 Å². The first-order valence-corrected chi connectivity index (χ1v) is 9.71. The highest BCUT2D eigenvalue weighted by atomic mass is 79.9. The minimum atomic E-state index is -0.655. The van der Waals surface area contributed by atoms with Gasteiger partial charge in [0.25, 0.3) is 11.9 Å². The van der Waals surface area contributed by atoms with Crippen molar-refractivity contribution in [1.29, 1.82) is 0 Å². The smallest absolute Gasteiger partial charge is 0.289 e. The molecule has 7 heteroatoms. The van der Waals surface area contributed by atoms with Crippen LogP contribution in [0.25, 0.3) is 0 Å². The van der Waals surface area contributed by atoms with E-state index in [4.69, 9.17) is 4.74 Å². The Morgan fingerprint density at radius 1 is 1.22 bits per heavy atom. The molecule has 1 amide bonds. The molecule has 0 spiro atoms. The van der Waals surface area contributed by atoms with E-state index in [1.807, 2.05) is 30.3 Å². The Kier molecular flexibility index (Phi) is 5.13. The van der Waals surface area contributed by atoms with E-state index in [9.17, 15) is 9.90 Å². The molecule has 2 aromatic rings. The SMILES string of the molecule is O=C(NC1c2cc(NC3=NCCCO3)ccc2CC1O)c1ccc(Br)cc1. The molecule has 3 N–H and O–H groups in total. The first-order valence-electron chi connectivity index (χ1n) is 8.92. The zero-order valence-electron chi connectivity index (χ0n) is 14.6. The molecule has 4 rings (SSSR count). The van der Waals surface area contributed by atoms with Crippen LogP contribution in [0.3, 0.4) is 0 Å². The summed E-state index contributed by atoms with van der Waals surface area (Å²) in [5.74, 6) is -0.210. The van der Waals surface area contributed by atoms with Gasteiger partial charge < -0.3 is 20.5 Å². The van der Waals surface area contributed by atoms with Gasteiger partial charge in [-0.25, -0.2) is 4.99 Å². The molecule has 0 saturated heterocycles. The minimum absolute atomic E-state index is 0.210. The Morgan fingerprint density at radius 3 is 2.78 bits per heavy atom. The molecule has 0 fully saturated rings. The molecule has 2 atom stereocenters. The Labute approximate surface area is 165 Å². The Morgan fingerprint density at radius 2 is 2.04 bits per heavy atom. The van der Waals surface area contributed by atoms with Crippen molar-refractivity contribution in [3.8, 4) is 0 Å². The fourth-order valence-corrected chi connectivity index (χ4v) is 3.62. The van der Waals surface area contributed by atoms with Crippen LogP contribution in [-0.2, 0) is 11.2 Å². The molecule has 1 heterocycles. The Bertz CT molecular complexity index is 883. The molecule has 0 bridgehead atoms. The van der Waals surface area contributed by atoms with Crippen molar-refractivity contribution >= 4 is 33.5 Å². The molecule has 2 aliphatic rings. The van der Waals surface area contributed by atoms with Gasteiger partial charge in [-0.15, -0.1) is 0 Å². The predicted molar refractivity (Wildman–Crippen MR) is 107 cm³/mol. The maximum absolute atomic E-state index is 12.6. The van der Waals surface area contributed by atoms with E-state index in [-0.39, 0.29) is 5.91 Å². The van der Waals surface area contributed by atoms with Gasteiger partial charge in [0.15, 0.2) is 0 Å². The average Bonchev–Trinajstić information content (AvgIpc) is 2.98. The van der Waals surface area contributed by atoms with E-state index < -0.39 is 12.1 Å². The molecule has 1 aliphatic heterocycles. The summed E-state index contributed by atoms with van der Waals surface area (Å²) in [6.45, 7) is 1.40. The largest absolute Gasteiger partial charge is 0.465 e. The number of carbonyl (C=O) groups is 1. The molecule has 0 radical (unpaired) electrons. The number of aliphatic imine (C=N–C) groups is 1. The maximum atomic E-state index is 12.6. The fraction of sp³-hybridized carbons (Fsp3) is 0.300. The van der Waals surface area contributed by atoms with Gasteiger partial charge >= 0.3 is 0 Å². The molecule has 27 heavy (non-hydrogen) atoms. The molecule has 1 aliphatic carbocycles. The summed E-state index contributed by atoms with van der Waals surface area (Å²) < 4.78 is 6.41. The van der Waals surface area contributed by atoms with E-state index in [0.29, 0.717) is 24.6 Å². The van der Waals surface area contributed by atoms with Crippen LogP contribution in [0.2, 0.25) is 0 Å². The van der Waals surface area contributed by atoms with Crippen LogP contribution in [0.1, 0.15) is 33.9 Å². The van der Waals surface area contributed by atoms with Gasteiger partial charge in [0, 0.05) is 35.1 Å². The van der Waals surface area contributed by atoms with Crippen molar-refractivity contribution in [2.45, 2.75) is 25.0 Å². The molecule has 0 saturated carbocycles. The first-order chi connectivity index (χ1) is 13.1. The lowest BCUT2D eigenvalue weighted by Crippen LogP contribution is -2.33. The van der Waals surface area contributed by atoms with Crippen molar-refractivity contribution in [3.05, 3.63) is 63.6 Å². The van der Waals surface area contributed by atoms with Gasteiger partial charge in [0.05, 0.1) is 18.8 Å². The standard InChI is InChI=1S/C20H20BrN3O3/c21-14-5-2-12(3-6-14)19(26)24-18-16-11-15(7-4-13(16)10-17(18)25)23-20-22-8-1-9-27-20/h2-7,11,17-18,25H,1,8-10H2,(H,22,23)(H,24,26). The summed E-state index contributed by atoms with van der Waals surface area (Å²) in [6, 6.07) is 13.0. The Balaban J connectivity index is 1.53. The summed E-state index contributed by atoms with van der Waals surface area (Å²) in [4.78, 5) is 16.9. The predicted octanol–water partition coefficient (Wildman–Crippen LogP) is 3.03. The number of hydrogen-bond donors (Lipinski definition) is 3. The number of benzene rings is 2. The van der Waals surface area contributed by atoms with Crippen LogP contribution in [0.4, 0.5) is 5.69 Å². The van der Waals surface area contributed by atoms with Gasteiger partial charge in [-0.2, -0.15) is 0 Å². The third kappa shape index (κ3) is 3.99. The van der Waals surface area contributed by atoms with Crippen LogP contribution in [0, 0.1) is 0 Å². The molecule has 140 valence electrons. The second-order valence-corrected chi connectivity index (χ2v) is 7.57. The third-order valence-corrected chi connectivity index (χ3v) is 5.26. The van der Waals surface area contributed by atoms with Gasteiger partial charge in [-0.1, -0.05) is 22.0 Å². The molecule has 2 aromatic carbocycles. The van der Waals surface area contributed by atoms with Crippen molar-refractivity contribution in [2.24, 2.45) is 4.99 Å². The number of ether oxygens (including phenoxy) is 1. The van der Waals surface area contributed by atoms with Crippen molar-refractivity contribution in [1.82, 2.24) is 5.32 Å². The van der Waals surface area contributed by atoms with Gasteiger partial charge in [0.1, 0.15) is 0 Å². The van der Waals surface area contributed by atoms with Crippen LogP contribution in [-0.4, -0.2) is 36.3 Å². The topological polar surface area (TPSA) is 83.0 Å². The number of rotatable bonds is 3. The summed E-state index contributed by atoms with van der Waals surface area (Å²) in [5.41, 5.74) is 3.32. The van der Waals surface area contributed by atoms with Gasteiger partial charge in [-0.05, 0) is 47.5 Å². The second kappa shape index (κ2) is 7.70. The molecule has 0 aromatic heterocycles. The number of hydrogen-bond acceptors (Lipinski definition) is 5. The van der Waals surface area contributed by atoms with Crippen LogP contribution in [0.5, 0.6) is 0 Å². The number of amides is 1. The number of nitrogens with zero attached hydrogens (tertiary/aromatic N) is 1. The summed E-state index contributed by atoms with van der Waals surface area (Å²) in [5, 5.41) is 16.6. The maximum Gasteiger partial charge on any atom is 0.289 e. The van der Waals surface area contributed by atoms with E-state index in [1.54, 1.807) is 12.1 Å². The van der Waals surface area contributed by atoms with Crippen molar-refractivity contribution in [2.75, 3.05) is 18.5 Å². The second-order valence-electron chi connectivity index (χ2n) is 6.66. The minimum Gasteiger partial charge on any atom is -0.465 e. The number of fused-ring (bicyclic) bond motifs is 1. The molecular weight excluding hydrogens is 410 g/mol. The van der Waals surface area contributed by atoms with Crippen molar-refractivity contribution in [3.63, 3.8) is 0 Å². The number of aliphatic hydroxyl groups is 1. The van der Waals surface area contributed by atoms with E-state index in [0.717, 1.165) is 34.3 Å². The quantitative estimate of drug-likeness (QED) is 0.699. The van der Waals surface area contributed by atoms with E-state index in [1.165, 1.54) is 0 Å².